The summed E-state index contributed by atoms with van der Waals surface area (Å²) in [6.07, 6.45) is 5.03. The van der Waals surface area contributed by atoms with Gasteiger partial charge in [0, 0.05) is 29.1 Å². The summed E-state index contributed by atoms with van der Waals surface area (Å²) in [6, 6.07) is 3.71. The molecule has 0 saturated carbocycles. The summed E-state index contributed by atoms with van der Waals surface area (Å²) < 4.78 is 5.03. The van der Waals surface area contributed by atoms with Crippen LogP contribution in [-0.2, 0) is 19.4 Å². The first-order chi connectivity index (χ1) is 10.7. The Morgan fingerprint density at radius 1 is 1.50 bits per heavy atom. The normalized spacial score (nSPS) is 16.9. The molecule has 1 aliphatic rings. The van der Waals surface area contributed by atoms with Gasteiger partial charge in [-0.05, 0) is 36.3 Å². The van der Waals surface area contributed by atoms with Gasteiger partial charge in [-0.15, -0.1) is 11.3 Å². The van der Waals surface area contributed by atoms with E-state index >= 15 is 0 Å². The number of nitrogens with one attached hydrogen (secondary N) is 1. The van der Waals surface area contributed by atoms with Crippen LogP contribution in [-0.4, -0.2) is 18.0 Å². The van der Waals surface area contributed by atoms with Crippen LogP contribution < -0.4 is 10.1 Å². The number of hydrogen-bond donors (Lipinski definition) is 1. The third kappa shape index (κ3) is 3.14. The number of methoxy groups -OCH3 is 1. The van der Waals surface area contributed by atoms with Crippen molar-refractivity contribution in [3.63, 3.8) is 0 Å². The molecule has 1 aliphatic carbocycles. The second-order valence-electron chi connectivity index (χ2n) is 5.79. The molecule has 0 fully saturated rings. The van der Waals surface area contributed by atoms with Gasteiger partial charge in [0.2, 0.25) is 5.88 Å². The van der Waals surface area contributed by atoms with E-state index in [1.165, 1.54) is 16.9 Å². The molecule has 3 rings (SSSR count). The van der Waals surface area contributed by atoms with Gasteiger partial charge in [0.1, 0.15) is 0 Å². The summed E-state index contributed by atoms with van der Waals surface area (Å²) in [7, 11) is 1.59. The standard InChI is InChI=1S/C17H20N2O2S/c1-11-3-5-13-14(10-22-15(13)7-11)17(20)19-9-12-4-6-16(21-2)18-8-12/h4,6,8,10-11H,3,5,7,9H2,1-2H3,(H,19,20). The summed E-state index contributed by atoms with van der Waals surface area (Å²) in [5.41, 5.74) is 3.08. The average Bonchev–Trinajstić information content (AvgIpc) is 2.96. The van der Waals surface area contributed by atoms with E-state index in [0.717, 1.165) is 29.9 Å². The van der Waals surface area contributed by atoms with Gasteiger partial charge in [0.25, 0.3) is 5.91 Å². The minimum absolute atomic E-state index is 0.0165. The Kier molecular flexibility index (Phi) is 4.43. The average molecular weight is 316 g/mol. The zero-order chi connectivity index (χ0) is 15.5. The van der Waals surface area contributed by atoms with E-state index in [1.54, 1.807) is 30.7 Å². The number of ether oxygens (including phenoxy) is 1. The molecule has 0 saturated heterocycles. The fourth-order valence-electron chi connectivity index (χ4n) is 2.78. The van der Waals surface area contributed by atoms with Gasteiger partial charge < -0.3 is 10.1 Å². The maximum absolute atomic E-state index is 12.4. The van der Waals surface area contributed by atoms with Crippen LogP contribution in [0.4, 0.5) is 0 Å². The predicted octanol–water partition coefficient (Wildman–Crippen LogP) is 3.21. The van der Waals surface area contributed by atoms with Crippen molar-refractivity contribution in [1.29, 1.82) is 0 Å². The highest BCUT2D eigenvalue weighted by molar-refractivity contribution is 7.10. The molecule has 0 radical (unpaired) electrons. The van der Waals surface area contributed by atoms with Crippen molar-refractivity contribution in [2.45, 2.75) is 32.7 Å². The smallest absolute Gasteiger partial charge is 0.252 e. The summed E-state index contributed by atoms with van der Waals surface area (Å²) in [4.78, 5) is 17.9. The highest BCUT2D eigenvalue weighted by atomic mass is 32.1. The number of hydrogen-bond acceptors (Lipinski definition) is 4. The number of nitrogens with zero attached hydrogens (tertiary/aromatic N) is 1. The summed E-state index contributed by atoms with van der Waals surface area (Å²) >= 11 is 1.72. The lowest BCUT2D eigenvalue weighted by molar-refractivity contribution is 0.0950. The topological polar surface area (TPSA) is 51.2 Å². The van der Waals surface area contributed by atoms with E-state index < -0.39 is 0 Å². The summed E-state index contributed by atoms with van der Waals surface area (Å²) in [5.74, 6) is 1.33. The third-order valence-electron chi connectivity index (χ3n) is 4.11. The second kappa shape index (κ2) is 6.48. The number of rotatable bonds is 4. The first-order valence-electron chi connectivity index (χ1n) is 7.53. The summed E-state index contributed by atoms with van der Waals surface area (Å²) in [5, 5.41) is 4.99. The highest BCUT2D eigenvalue weighted by Gasteiger charge is 2.22. The monoisotopic (exact) mass is 316 g/mol. The molecule has 1 atom stereocenters. The van der Waals surface area contributed by atoms with Gasteiger partial charge in [-0.2, -0.15) is 0 Å². The molecule has 1 N–H and O–H groups in total. The highest BCUT2D eigenvalue weighted by Crippen LogP contribution is 2.32. The Balaban J connectivity index is 1.65. The molecule has 116 valence electrons. The van der Waals surface area contributed by atoms with Crippen molar-refractivity contribution in [1.82, 2.24) is 10.3 Å². The molecule has 0 aliphatic heterocycles. The lowest BCUT2D eigenvalue weighted by Gasteiger charge is -2.18. The maximum Gasteiger partial charge on any atom is 0.252 e. The molecule has 5 heteroatoms. The van der Waals surface area contributed by atoms with Crippen LogP contribution in [0.3, 0.4) is 0 Å². The lowest BCUT2D eigenvalue weighted by Crippen LogP contribution is -2.24. The molecule has 2 aromatic rings. The molecule has 4 nitrogen and oxygen atoms in total. The first-order valence-corrected chi connectivity index (χ1v) is 8.41. The number of carbonyl (C=O) groups is 1. The number of carbonyl (C=O) groups excluding carboxylic acids is 1. The molecule has 22 heavy (non-hydrogen) atoms. The quantitative estimate of drug-likeness (QED) is 0.942. The van der Waals surface area contributed by atoms with Gasteiger partial charge in [-0.25, -0.2) is 4.98 Å². The molecular weight excluding hydrogens is 296 g/mol. The van der Waals surface area contributed by atoms with Crippen molar-refractivity contribution in [2.24, 2.45) is 5.92 Å². The zero-order valence-electron chi connectivity index (χ0n) is 12.9. The van der Waals surface area contributed by atoms with Crippen LogP contribution in [0.15, 0.2) is 23.7 Å². The molecule has 1 amide bonds. The molecule has 0 aromatic carbocycles. The molecule has 1 unspecified atom stereocenters. The fraction of sp³-hybridized carbons (Fsp3) is 0.412. The number of aromatic nitrogens is 1. The van der Waals surface area contributed by atoms with E-state index in [1.807, 2.05) is 11.4 Å². The van der Waals surface area contributed by atoms with E-state index in [4.69, 9.17) is 4.74 Å². The number of thiophene rings is 1. The maximum atomic E-state index is 12.4. The van der Waals surface area contributed by atoms with E-state index in [0.29, 0.717) is 12.4 Å². The predicted molar refractivity (Wildman–Crippen MR) is 87.5 cm³/mol. The largest absolute Gasteiger partial charge is 0.481 e. The molecular formula is C17H20N2O2S. The van der Waals surface area contributed by atoms with E-state index in [9.17, 15) is 4.79 Å². The van der Waals surface area contributed by atoms with Gasteiger partial charge in [-0.3, -0.25) is 4.79 Å². The second-order valence-corrected chi connectivity index (χ2v) is 6.75. The molecule has 0 bridgehead atoms. The summed E-state index contributed by atoms with van der Waals surface area (Å²) in [6.45, 7) is 2.76. The Bertz CT molecular complexity index is 664. The van der Waals surface area contributed by atoms with Crippen molar-refractivity contribution in [2.75, 3.05) is 7.11 Å². The molecule has 2 aromatic heterocycles. The van der Waals surface area contributed by atoms with Crippen LogP contribution in [0.25, 0.3) is 0 Å². The number of fused-ring (bicyclic) bond motifs is 1. The van der Waals surface area contributed by atoms with E-state index in [-0.39, 0.29) is 5.91 Å². The zero-order valence-corrected chi connectivity index (χ0v) is 13.7. The Hall–Kier alpha value is -1.88. The van der Waals surface area contributed by atoms with Gasteiger partial charge in [-0.1, -0.05) is 13.0 Å². The van der Waals surface area contributed by atoms with Crippen LogP contribution in [0.1, 0.15) is 39.7 Å². The van der Waals surface area contributed by atoms with Crippen LogP contribution in [0.5, 0.6) is 5.88 Å². The van der Waals surface area contributed by atoms with Crippen molar-refractivity contribution in [3.8, 4) is 5.88 Å². The van der Waals surface area contributed by atoms with Gasteiger partial charge in [0.15, 0.2) is 0 Å². The molecule has 0 spiro atoms. The van der Waals surface area contributed by atoms with Crippen LogP contribution in [0, 0.1) is 5.92 Å². The van der Waals surface area contributed by atoms with Crippen LogP contribution >= 0.6 is 11.3 Å². The van der Waals surface area contributed by atoms with Gasteiger partial charge in [0.05, 0.1) is 12.7 Å². The Labute approximate surface area is 134 Å². The van der Waals surface area contributed by atoms with Crippen molar-refractivity contribution < 1.29 is 9.53 Å². The lowest BCUT2D eigenvalue weighted by atomic mass is 9.88. The molecule has 2 heterocycles. The van der Waals surface area contributed by atoms with Crippen molar-refractivity contribution in [3.05, 3.63) is 45.3 Å². The SMILES string of the molecule is COc1ccc(CNC(=O)c2csc3c2CCC(C)C3)cn1. The minimum Gasteiger partial charge on any atom is -0.481 e. The van der Waals surface area contributed by atoms with Gasteiger partial charge >= 0.3 is 0 Å². The first kappa shape index (κ1) is 15.0. The minimum atomic E-state index is 0.0165. The van der Waals surface area contributed by atoms with E-state index in [2.05, 4.69) is 17.2 Å². The van der Waals surface area contributed by atoms with Crippen LogP contribution in [0.2, 0.25) is 0 Å². The fourth-order valence-corrected chi connectivity index (χ4v) is 4.03. The third-order valence-corrected chi connectivity index (χ3v) is 5.16. The Morgan fingerprint density at radius 3 is 3.09 bits per heavy atom. The van der Waals surface area contributed by atoms with Crippen molar-refractivity contribution >= 4 is 17.2 Å². The number of pyridine rings is 1. The number of amides is 1. The Morgan fingerprint density at radius 2 is 2.36 bits per heavy atom.